The van der Waals surface area contributed by atoms with Crippen LogP contribution in [-0.4, -0.2) is 46.9 Å². The number of hydrogen-bond acceptors (Lipinski definition) is 7. The van der Waals surface area contributed by atoms with Crippen molar-refractivity contribution in [1.82, 2.24) is 4.90 Å². The predicted molar refractivity (Wildman–Crippen MR) is 132 cm³/mol. The molecule has 1 amide bonds. The van der Waals surface area contributed by atoms with Crippen molar-refractivity contribution in [2.45, 2.75) is 38.3 Å². The highest BCUT2D eigenvalue weighted by atomic mass is 32.1. The number of rotatable bonds is 7. The molecule has 8 nitrogen and oxygen atoms in total. The van der Waals surface area contributed by atoms with E-state index < -0.39 is 41.1 Å². The third-order valence-electron chi connectivity index (χ3n) is 6.90. The number of nitriles is 1. The molecule has 0 radical (unpaired) electrons. The fourth-order valence-corrected chi connectivity index (χ4v) is 6.43. The Morgan fingerprint density at radius 1 is 1.17 bits per heavy atom. The number of amides is 1. The van der Waals surface area contributed by atoms with Gasteiger partial charge >= 0.3 is 5.97 Å². The largest absolute Gasteiger partial charge is 0.479 e. The van der Waals surface area contributed by atoms with Crippen LogP contribution >= 0.6 is 11.3 Å². The molecule has 36 heavy (non-hydrogen) atoms. The molecule has 1 aromatic carbocycles. The van der Waals surface area contributed by atoms with Gasteiger partial charge in [0, 0.05) is 17.9 Å². The van der Waals surface area contributed by atoms with E-state index in [0.29, 0.717) is 21.8 Å². The van der Waals surface area contributed by atoms with Crippen LogP contribution in [0.3, 0.4) is 0 Å². The normalized spacial score (nSPS) is 23.4. The summed E-state index contributed by atoms with van der Waals surface area (Å²) in [5.41, 5.74) is 0.0173. The molecule has 9 heteroatoms. The molecule has 186 valence electrons. The molecule has 1 fully saturated rings. The molecule has 1 N–H and O–H groups in total. The molecule has 4 atom stereocenters. The SMILES string of the molecule is COCC(=O)N1C(c2ccc(C#N)cc2)C(C(=O)c2ccc(C)o2)C(c2sccc2C)C1(C)C(=O)O. The van der Waals surface area contributed by atoms with Crippen LogP contribution in [0.2, 0.25) is 0 Å². The number of hydrogen-bond donors (Lipinski definition) is 1. The lowest BCUT2D eigenvalue weighted by atomic mass is 9.74. The quantitative estimate of drug-likeness (QED) is 0.469. The van der Waals surface area contributed by atoms with Crippen LogP contribution in [0.25, 0.3) is 0 Å². The van der Waals surface area contributed by atoms with Crippen LogP contribution in [0.1, 0.15) is 56.8 Å². The van der Waals surface area contributed by atoms with Crippen LogP contribution in [0.5, 0.6) is 0 Å². The Labute approximate surface area is 212 Å². The van der Waals surface area contributed by atoms with E-state index in [1.807, 2.05) is 18.4 Å². The summed E-state index contributed by atoms with van der Waals surface area (Å²) in [6.45, 7) is 4.72. The molecule has 0 spiro atoms. The van der Waals surface area contributed by atoms with Gasteiger partial charge in [0.15, 0.2) is 5.76 Å². The smallest absolute Gasteiger partial charge is 0.330 e. The van der Waals surface area contributed by atoms with Gasteiger partial charge in [0.1, 0.15) is 17.9 Å². The minimum Gasteiger partial charge on any atom is -0.479 e. The fraction of sp³-hybridized carbons (Fsp3) is 0.333. The van der Waals surface area contributed by atoms with Crippen molar-refractivity contribution >= 4 is 29.0 Å². The molecule has 1 saturated heterocycles. The van der Waals surface area contributed by atoms with Crippen LogP contribution in [0.15, 0.2) is 52.3 Å². The van der Waals surface area contributed by atoms with Crippen LogP contribution in [0, 0.1) is 31.1 Å². The molecule has 4 rings (SSSR count). The molecule has 0 aliphatic carbocycles. The van der Waals surface area contributed by atoms with E-state index in [-0.39, 0.29) is 12.4 Å². The number of carboxylic acid groups (broad SMARTS) is 1. The van der Waals surface area contributed by atoms with E-state index in [0.717, 1.165) is 5.56 Å². The van der Waals surface area contributed by atoms with Crippen molar-refractivity contribution in [3.05, 3.63) is 80.9 Å². The van der Waals surface area contributed by atoms with E-state index >= 15 is 0 Å². The van der Waals surface area contributed by atoms with Gasteiger partial charge in [0.25, 0.3) is 0 Å². The Morgan fingerprint density at radius 3 is 2.36 bits per heavy atom. The van der Waals surface area contributed by atoms with E-state index in [1.165, 1.54) is 30.3 Å². The topological polar surface area (TPSA) is 121 Å². The maximum Gasteiger partial charge on any atom is 0.330 e. The number of carbonyl (C=O) groups excluding carboxylic acids is 2. The minimum atomic E-state index is -1.77. The second-order valence-electron chi connectivity index (χ2n) is 9.07. The highest BCUT2D eigenvalue weighted by Crippen LogP contribution is 2.58. The van der Waals surface area contributed by atoms with E-state index in [4.69, 9.17) is 9.15 Å². The number of furan rings is 1. The Morgan fingerprint density at radius 2 is 1.86 bits per heavy atom. The fourth-order valence-electron chi connectivity index (χ4n) is 5.23. The van der Waals surface area contributed by atoms with Crippen molar-refractivity contribution in [2.75, 3.05) is 13.7 Å². The zero-order valence-electron chi connectivity index (χ0n) is 20.3. The minimum absolute atomic E-state index is 0.101. The summed E-state index contributed by atoms with van der Waals surface area (Å²) in [5, 5.41) is 21.8. The first-order valence-corrected chi connectivity index (χ1v) is 12.2. The number of nitrogens with zero attached hydrogens (tertiary/aromatic N) is 2. The number of thiophene rings is 1. The molecular weight excluding hydrogens is 480 g/mol. The number of aryl methyl sites for hydroxylation is 2. The van der Waals surface area contributed by atoms with E-state index in [9.17, 15) is 24.8 Å². The molecule has 1 aliphatic heterocycles. The summed E-state index contributed by atoms with van der Waals surface area (Å²) >= 11 is 1.36. The zero-order valence-corrected chi connectivity index (χ0v) is 21.2. The van der Waals surface area contributed by atoms with Gasteiger partial charge in [-0.3, -0.25) is 9.59 Å². The number of Topliss-reactive ketones (excluding diaryl/α,β-unsaturated/α-hetero) is 1. The van der Waals surface area contributed by atoms with Gasteiger partial charge in [-0.15, -0.1) is 11.3 Å². The first-order chi connectivity index (χ1) is 17.1. The number of carboxylic acids is 1. The first-order valence-electron chi connectivity index (χ1n) is 11.3. The predicted octanol–water partition coefficient (Wildman–Crippen LogP) is 4.49. The number of methoxy groups -OCH3 is 1. The van der Waals surface area contributed by atoms with Crippen molar-refractivity contribution in [3.8, 4) is 6.07 Å². The lowest BCUT2D eigenvalue weighted by Gasteiger charge is -2.37. The molecule has 3 heterocycles. The number of carbonyl (C=O) groups is 3. The molecule has 3 aromatic rings. The Kier molecular flexibility index (Phi) is 6.85. The zero-order chi connectivity index (χ0) is 26.2. The summed E-state index contributed by atoms with van der Waals surface area (Å²) in [4.78, 5) is 42.7. The monoisotopic (exact) mass is 506 g/mol. The third kappa shape index (κ3) is 4.02. The second-order valence-corrected chi connectivity index (χ2v) is 10.0. The van der Waals surface area contributed by atoms with Gasteiger partial charge in [-0.05, 0) is 67.6 Å². The standard InChI is InChI=1S/C27H26N2O6S/c1-15-11-12-36-25(15)22-21(24(31)19-10-5-16(2)35-19)23(18-8-6-17(13-28)7-9-18)29(20(30)14-34-4)27(22,3)26(32)33/h5-12,21-23H,14H2,1-4H3,(H,32,33). The summed E-state index contributed by atoms with van der Waals surface area (Å²) in [7, 11) is 1.36. The number of aliphatic carboxylic acids is 1. The van der Waals surface area contributed by atoms with Crippen molar-refractivity contribution in [3.63, 3.8) is 0 Å². The van der Waals surface area contributed by atoms with Crippen molar-refractivity contribution in [1.29, 1.82) is 5.26 Å². The lowest BCUT2D eigenvalue weighted by molar-refractivity contribution is -0.159. The maximum absolute atomic E-state index is 14.1. The second kappa shape index (κ2) is 9.72. The van der Waals surface area contributed by atoms with E-state index in [2.05, 4.69) is 6.07 Å². The highest BCUT2D eigenvalue weighted by molar-refractivity contribution is 7.10. The van der Waals surface area contributed by atoms with Gasteiger partial charge in [-0.1, -0.05) is 12.1 Å². The Balaban J connectivity index is 2.04. The first kappa shape index (κ1) is 25.4. The van der Waals surface area contributed by atoms with Gasteiger partial charge in [0.2, 0.25) is 11.7 Å². The molecular formula is C27H26N2O6S. The van der Waals surface area contributed by atoms with Gasteiger partial charge in [-0.2, -0.15) is 5.26 Å². The van der Waals surface area contributed by atoms with Crippen LogP contribution in [-0.2, 0) is 14.3 Å². The van der Waals surface area contributed by atoms with Gasteiger partial charge in [0.05, 0.1) is 23.6 Å². The Bertz CT molecular complexity index is 1350. The Hall–Kier alpha value is -3.74. The molecule has 2 aromatic heterocycles. The van der Waals surface area contributed by atoms with E-state index in [1.54, 1.807) is 43.3 Å². The van der Waals surface area contributed by atoms with Crippen molar-refractivity contribution in [2.24, 2.45) is 5.92 Å². The highest BCUT2D eigenvalue weighted by Gasteiger charge is 2.65. The molecule has 0 saturated carbocycles. The summed E-state index contributed by atoms with van der Waals surface area (Å²) in [6.07, 6.45) is 0. The molecule has 1 aliphatic rings. The number of ketones is 1. The number of benzene rings is 1. The average molecular weight is 507 g/mol. The maximum atomic E-state index is 14.1. The molecule has 4 unspecified atom stereocenters. The number of ether oxygens (including phenoxy) is 1. The molecule has 0 bridgehead atoms. The average Bonchev–Trinajstić information content (AvgIpc) is 3.54. The summed E-state index contributed by atoms with van der Waals surface area (Å²) in [5.74, 6) is -3.36. The van der Waals surface area contributed by atoms with Gasteiger partial charge < -0.3 is 19.2 Å². The third-order valence-corrected chi connectivity index (χ3v) is 8.01. The van der Waals surface area contributed by atoms with Gasteiger partial charge in [-0.25, -0.2) is 4.79 Å². The number of likely N-dealkylation sites (tertiary alicyclic amines) is 1. The lowest BCUT2D eigenvalue weighted by Crippen LogP contribution is -2.55. The van der Waals surface area contributed by atoms with Crippen LogP contribution in [0.4, 0.5) is 0 Å². The van der Waals surface area contributed by atoms with Crippen molar-refractivity contribution < 1.29 is 28.6 Å². The summed E-state index contributed by atoms with van der Waals surface area (Å²) in [6, 6.07) is 12.8. The summed E-state index contributed by atoms with van der Waals surface area (Å²) < 4.78 is 10.8. The van der Waals surface area contributed by atoms with Crippen LogP contribution < -0.4 is 0 Å².